The number of alkyl halides is 1. The maximum atomic E-state index is 12.2. The van der Waals surface area contributed by atoms with Crippen LogP contribution >= 0.6 is 39.0 Å². The number of carbonyl (C=O) groups excluding carboxylic acids is 1. The van der Waals surface area contributed by atoms with Crippen molar-refractivity contribution in [2.24, 2.45) is 5.41 Å². The molecule has 1 aliphatic rings. The van der Waals surface area contributed by atoms with Gasteiger partial charge in [0.15, 0.2) is 0 Å². The lowest BCUT2D eigenvalue weighted by atomic mass is 9.90. The van der Waals surface area contributed by atoms with Crippen molar-refractivity contribution in [2.45, 2.75) is 32.4 Å². The van der Waals surface area contributed by atoms with Gasteiger partial charge in [-0.3, -0.25) is 4.79 Å². The number of thioether (sulfide) groups is 1. The molecule has 0 atom stereocenters. The van der Waals surface area contributed by atoms with Crippen LogP contribution in [-0.4, -0.2) is 23.5 Å². The number of nitrogens with one attached hydrogen (secondary N) is 1. The van der Waals surface area contributed by atoms with Crippen molar-refractivity contribution in [1.29, 1.82) is 0 Å². The van der Waals surface area contributed by atoms with Crippen molar-refractivity contribution in [3.05, 3.63) is 21.4 Å². The molecular weight excluding hydrogens is 342 g/mol. The lowest BCUT2D eigenvalue weighted by Crippen LogP contribution is -2.33. The van der Waals surface area contributed by atoms with Crippen molar-refractivity contribution in [3.63, 3.8) is 0 Å². The van der Waals surface area contributed by atoms with E-state index < -0.39 is 0 Å². The Morgan fingerprint density at radius 2 is 2.32 bits per heavy atom. The van der Waals surface area contributed by atoms with E-state index in [0.29, 0.717) is 0 Å². The summed E-state index contributed by atoms with van der Waals surface area (Å²) in [6, 6.07) is 2.08. The molecule has 0 spiro atoms. The number of halogens is 1. The zero-order chi connectivity index (χ0) is 13.9. The molecule has 0 saturated carbocycles. The summed E-state index contributed by atoms with van der Waals surface area (Å²) in [5.74, 6) is 2.34. The quantitative estimate of drug-likeness (QED) is 0.800. The first-order valence-corrected chi connectivity index (χ1v) is 9.64. The molecule has 5 heteroatoms. The smallest absolute Gasteiger partial charge is 0.261 e. The minimum atomic E-state index is 0.0899. The average molecular weight is 362 g/mol. The van der Waals surface area contributed by atoms with Crippen LogP contribution in [0.25, 0.3) is 0 Å². The van der Waals surface area contributed by atoms with Crippen molar-refractivity contribution in [2.75, 3.05) is 17.6 Å². The Labute approximate surface area is 131 Å². The molecule has 1 amide bonds. The van der Waals surface area contributed by atoms with Crippen molar-refractivity contribution >= 4 is 44.9 Å². The summed E-state index contributed by atoms with van der Waals surface area (Å²) < 4.78 is 0. The van der Waals surface area contributed by atoms with Gasteiger partial charge in [0, 0.05) is 22.5 Å². The Morgan fingerprint density at radius 1 is 1.53 bits per heavy atom. The van der Waals surface area contributed by atoms with Crippen LogP contribution in [0.15, 0.2) is 6.07 Å². The molecule has 106 valence electrons. The molecule has 2 rings (SSSR count). The Hall–Kier alpha value is -0.000000000000000111. The van der Waals surface area contributed by atoms with Gasteiger partial charge >= 0.3 is 0 Å². The summed E-state index contributed by atoms with van der Waals surface area (Å²) in [6.45, 7) is 5.10. The molecule has 1 N–H and O–H groups in total. The molecule has 0 bridgehead atoms. The van der Waals surface area contributed by atoms with Crippen LogP contribution in [0.3, 0.4) is 0 Å². The second-order valence-electron chi connectivity index (χ2n) is 5.65. The summed E-state index contributed by atoms with van der Waals surface area (Å²) in [7, 11) is 0. The number of hydrogen-bond acceptors (Lipinski definition) is 3. The number of amides is 1. The maximum absolute atomic E-state index is 12.2. The van der Waals surface area contributed by atoms with Gasteiger partial charge in [-0.25, -0.2) is 0 Å². The van der Waals surface area contributed by atoms with Gasteiger partial charge < -0.3 is 5.32 Å². The zero-order valence-corrected chi connectivity index (χ0v) is 14.6. The lowest BCUT2D eigenvalue weighted by molar-refractivity contribution is 0.0940. The highest BCUT2D eigenvalue weighted by molar-refractivity contribution is 9.09. The van der Waals surface area contributed by atoms with Gasteiger partial charge in [-0.2, -0.15) is 11.8 Å². The van der Waals surface area contributed by atoms with Gasteiger partial charge in [-0.05, 0) is 35.6 Å². The van der Waals surface area contributed by atoms with E-state index in [2.05, 4.69) is 41.2 Å². The number of aryl methyl sites for hydroxylation is 1. The Balaban J connectivity index is 1.95. The third kappa shape index (κ3) is 4.23. The van der Waals surface area contributed by atoms with Crippen LogP contribution in [0.4, 0.5) is 0 Å². The molecule has 1 aromatic rings. The summed E-state index contributed by atoms with van der Waals surface area (Å²) in [5, 5.41) is 4.05. The molecule has 2 heterocycles. The van der Waals surface area contributed by atoms with Crippen molar-refractivity contribution < 1.29 is 4.79 Å². The first-order chi connectivity index (χ1) is 9.02. The molecule has 0 unspecified atom stereocenters. The topological polar surface area (TPSA) is 29.1 Å². The molecule has 0 aliphatic carbocycles. The van der Waals surface area contributed by atoms with Crippen LogP contribution in [0, 0.1) is 5.41 Å². The van der Waals surface area contributed by atoms with E-state index in [1.807, 2.05) is 11.8 Å². The molecule has 19 heavy (non-hydrogen) atoms. The van der Waals surface area contributed by atoms with E-state index >= 15 is 0 Å². The summed E-state index contributed by atoms with van der Waals surface area (Å²) in [5.41, 5.74) is 1.51. The SMILES string of the molecule is CC(C)(CCBr)CNC(=O)c1cc2c(s1)CCSC2. The van der Waals surface area contributed by atoms with E-state index in [0.717, 1.165) is 35.3 Å². The molecule has 1 aromatic heterocycles. The van der Waals surface area contributed by atoms with Gasteiger partial charge in [-0.15, -0.1) is 11.3 Å². The molecule has 1 aliphatic heterocycles. The van der Waals surface area contributed by atoms with Gasteiger partial charge in [0.1, 0.15) is 0 Å². The fourth-order valence-electron chi connectivity index (χ4n) is 2.01. The van der Waals surface area contributed by atoms with Crippen LogP contribution in [0.5, 0.6) is 0 Å². The molecule has 0 fully saturated rings. The predicted octanol–water partition coefficient (Wildman–Crippen LogP) is 4.08. The van der Waals surface area contributed by atoms with Crippen molar-refractivity contribution in [1.82, 2.24) is 5.32 Å². The van der Waals surface area contributed by atoms with Gasteiger partial charge in [0.05, 0.1) is 4.88 Å². The Kier molecular flexibility index (Phi) is 5.37. The number of fused-ring (bicyclic) bond motifs is 1. The van der Waals surface area contributed by atoms with E-state index in [9.17, 15) is 4.79 Å². The molecule has 0 aromatic carbocycles. The predicted molar refractivity (Wildman–Crippen MR) is 88.7 cm³/mol. The van der Waals surface area contributed by atoms with E-state index in [1.54, 1.807) is 11.3 Å². The number of carbonyl (C=O) groups is 1. The fraction of sp³-hybridized carbons (Fsp3) is 0.643. The summed E-state index contributed by atoms with van der Waals surface area (Å²) >= 11 is 7.09. The largest absolute Gasteiger partial charge is 0.351 e. The van der Waals surface area contributed by atoms with Crippen LogP contribution in [-0.2, 0) is 12.2 Å². The zero-order valence-electron chi connectivity index (χ0n) is 11.4. The normalized spacial score (nSPS) is 15.1. The third-order valence-electron chi connectivity index (χ3n) is 3.35. The standard InChI is InChI=1S/C14H20BrNOS2/c1-14(2,4-5-15)9-16-13(17)12-7-10-8-18-6-3-11(10)19-12/h7H,3-6,8-9H2,1-2H3,(H,16,17). The summed E-state index contributed by atoms with van der Waals surface area (Å²) in [4.78, 5) is 14.5. The maximum Gasteiger partial charge on any atom is 0.261 e. The first kappa shape index (κ1) is 15.4. The highest BCUT2D eigenvalue weighted by Crippen LogP contribution is 2.31. The first-order valence-electron chi connectivity index (χ1n) is 6.55. The Morgan fingerprint density at radius 3 is 3.00 bits per heavy atom. The molecule has 0 saturated heterocycles. The highest BCUT2D eigenvalue weighted by Gasteiger charge is 2.21. The van der Waals surface area contributed by atoms with Gasteiger partial charge in [-0.1, -0.05) is 29.8 Å². The minimum Gasteiger partial charge on any atom is -0.351 e. The van der Waals surface area contributed by atoms with Crippen molar-refractivity contribution in [3.8, 4) is 0 Å². The molecule has 0 radical (unpaired) electrons. The molecule has 2 nitrogen and oxygen atoms in total. The van der Waals surface area contributed by atoms with Gasteiger partial charge in [0.25, 0.3) is 5.91 Å². The fourth-order valence-corrected chi connectivity index (χ4v) is 5.37. The molecular formula is C14H20BrNOS2. The van der Waals surface area contributed by atoms with E-state index in [-0.39, 0.29) is 11.3 Å². The lowest BCUT2D eigenvalue weighted by Gasteiger charge is -2.23. The van der Waals surface area contributed by atoms with Crippen LogP contribution < -0.4 is 5.32 Å². The van der Waals surface area contributed by atoms with E-state index in [1.165, 1.54) is 16.2 Å². The second-order valence-corrected chi connectivity index (χ2v) is 8.68. The number of thiophene rings is 1. The second kappa shape index (κ2) is 6.64. The van der Waals surface area contributed by atoms with Crippen LogP contribution in [0.1, 0.15) is 40.4 Å². The highest BCUT2D eigenvalue weighted by atomic mass is 79.9. The third-order valence-corrected chi connectivity index (χ3v) is 5.99. The minimum absolute atomic E-state index is 0.0899. The number of hydrogen-bond donors (Lipinski definition) is 1. The average Bonchev–Trinajstić information content (AvgIpc) is 2.79. The van der Waals surface area contributed by atoms with Crippen LogP contribution in [0.2, 0.25) is 0 Å². The monoisotopic (exact) mass is 361 g/mol. The number of rotatable bonds is 5. The summed E-state index contributed by atoms with van der Waals surface area (Å²) in [6.07, 6.45) is 2.18. The van der Waals surface area contributed by atoms with E-state index in [4.69, 9.17) is 0 Å². The Bertz CT molecular complexity index is 433. The van der Waals surface area contributed by atoms with Gasteiger partial charge in [0.2, 0.25) is 0 Å².